The van der Waals surface area contributed by atoms with Gasteiger partial charge < -0.3 is 5.32 Å². The summed E-state index contributed by atoms with van der Waals surface area (Å²) in [4.78, 5) is 3.93. The van der Waals surface area contributed by atoms with Gasteiger partial charge in [-0.25, -0.2) is 9.50 Å². The molecule has 0 amide bonds. The molecule has 4 heteroatoms. The Kier molecular flexibility index (Phi) is 1.75. The van der Waals surface area contributed by atoms with Crippen molar-refractivity contribution < 1.29 is 0 Å². The van der Waals surface area contributed by atoms with Crippen molar-refractivity contribution in [2.24, 2.45) is 0 Å². The second-order valence-electron chi connectivity index (χ2n) is 2.60. The molecule has 2 rings (SSSR count). The fraction of sp³-hybridized carbons (Fsp3) is 0.250. The standard InChI is InChI=1S/C8H10N4/c1-9-4-7-2-3-8-5-10-6-11-12(7)8/h2-3,5-6,9H,4H2,1H3. The van der Waals surface area contributed by atoms with Crippen molar-refractivity contribution in [3.8, 4) is 0 Å². The molecule has 0 atom stereocenters. The Balaban J connectivity index is 2.55. The van der Waals surface area contributed by atoms with Crippen molar-refractivity contribution in [3.63, 3.8) is 0 Å². The van der Waals surface area contributed by atoms with Crippen molar-refractivity contribution in [1.82, 2.24) is 19.9 Å². The van der Waals surface area contributed by atoms with Crippen LogP contribution in [0.25, 0.3) is 5.52 Å². The molecule has 2 aromatic rings. The molecule has 1 N–H and O–H groups in total. The minimum Gasteiger partial charge on any atom is -0.314 e. The van der Waals surface area contributed by atoms with Crippen molar-refractivity contribution in [3.05, 3.63) is 30.4 Å². The third kappa shape index (κ3) is 1.06. The molecule has 0 aliphatic heterocycles. The Morgan fingerprint density at radius 3 is 3.25 bits per heavy atom. The molecule has 0 fully saturated rings. The summed E-state index contributed by atoms with van der Waals surface area (Å²) in [5.41, 5.74) is 2.18. The highest BCUT2D eigenvalue weighted by Gasteiger charge is 1.99. The Morgan fingerprint density at radius 2 is 2.42 bits per heavy atom. The first-order valence-corrected chi connectivity index (χ1v) is 3.83. The van der Waals surface area contributed by atoms with E-state index in [2.05, 4.69) is 15.4 Å². The molecule has 0 spiro atoms. The van der Waals surface area contributed by atoms with E-state index in [4.69, 9.17) is 0 Å². The molecule has 2 heterocycles. The third-order valence-electron chi connectivity index (χ3n) is 1.76. The lowest BCUT2D eigenvalue weighted by Gasteiger charge is -1.98. The maximum Gasteiger partial charge on any atom is 0.136 e. The molecule has 0 saturated heterocycles. The topological polar surface area (TPSA) is 42.2 Å². The van der Waals surface area contributed by atoms with E-state index in [0.29, 0.717) is 0 Å². The minimum atomic E-state index is 0.825. The molecule has 0 aromatic carbocycles. The molecular formula is C8H10N4. The summed E-state index contributed by atoms with van der Waals surface area (Å²) in [5, 5.41) is 7.21. The van der Waals surface area contributed by atoms with E-state index >= 15 is 0 Å². The highest BCUT2D eigenvalue weighted by atomic mass is 15.2. The SMILES string of the molecule is CNCc1ccc2cncnn12. The Hall–Kier alpha value is -1.42. The summed E-state index contributed by atoms with van der Waals surface area (Å²) in [7, 11) is 1.92. The lowest BCUT2D eigenvalue weighted by molar-refractivity contribution is 0.742. The van der Waals surface area contributed by atoms with E-state index in [-0.39, 0.29) is 0 Å². The smallest absolute Gasteiger partial charge is 0.136 e. The van der Waals surface area contributed by atoms with Gasteiger partial charge in [-0.05, 0) is 19.2 Å². The lowest BCUT2D eigenvalue weighted by atomic mass is 10.4. The highest BCUT2D eigenvalue weighted by Crippen LogP contribution is 2.05. The van der Waals surface area contributed by atoms with Gasteiger partial charge in [0.25, 0.3) is 0 Å². The van der Waals surface area contributed by atoms with Gasteiger partial charge in [-0.1, -0.05) is 0 Å². The van der Waals surface area contributed by atoms with Crippen LogP contribution in [0.4, 0.5) is 0 Å². The number of nitrogens with one attached hydrogen (secondary N) is 1. The lowest BCUT2D eigenvalue weighted by Crippen LogP contribution is -2.08. The summed E-state index contributed by atoms with van der Waals surface area (Å²) in [6.07, 6.45) is 3.35. The van der Waals surface area contributed by atoms with Crippen LogP contribution in [0.1, 0.15) is 5.69 Å². The van der Waals surface area contributed by atoms with Crippen LogP contribution in [-0.4, -0.2) is 21.6 Å². The number of nitrogens with zero attached hydrogens (tertiary/aromatic N) is 3. The Bertz CT molecular complexity index is 379. The largest absolute Gasteiger partial charge is 0.314 e. The molecule has 2 aromatic heterocycles. The quantitative estimate of drug-likeness (QED) is 0.697. The van der Waals surface area contributed by atoms with Gasteiger partial charge in [0.2, 0.25) is 0 Å². The zero-order valence-corrected chi connectivity index (χ0v) is 6.86. The van der Waals surface area contributed by atoms with Crippen molar-refractivity contribution in [2.45, 2.75) is 6.54 Å². The average Bonchev–Trinajstić information content (AvgIpc) is 2.50. The van der Waals surface area contributed by atoms with Crippen LogP contribution in [-0.2, 0) is 6.54 Å². The van der Waals surface area contributed by atoms with Crippen LogP contribution in [0, 0.1) is 0 Å². The molecular weight excluding hydrogens is 152 g/mol. The molecule has 0 radical (unpaired) electrons. The molecule has 62 valence electrons. The van der Waals surface area contributed by atoms with Crippen LogP contribution in [0.15, 0.2) is 24.7 Å². The summed E-state index contributed by atoms with van der Waals surface area (Å²) < 4.78 is 1.88. The first kappa shape index (κ1) is 7.24. The first-order chi connectivity index (χ1) is 5.92. The maximum absolute atomic E-state index is 4.13. The summed E-state index contributed by atoms with van der Waals surface area (Å²) in [6.45, 7) is 0.825. The van der Waals surface area contributed by atoms with Gasteiger partial charge in [-0.15, -0.1) is 0 Å². The molecule has 4 nitrogen and oxygen atoms in total. The number of hydrogen-bond acceptors (Lipinski definition) is 3. The second-order valence-corrected chi connectivity index (χ2v) is 2.60. The van der Waals surface area contributed by atoms with Crippen molar-refractivity contribution in [1.29, 1.82) is 0 Å². The van der Waals surface area contributed by atoms with Gasteiger partial charge in [0.1, 0.15) is 6.33 Å². The minimum absolute atomic E-state index is 0.825. The van der Waals surface area contributed by atoms with Crippen LogP contribution >= 0.6 is 0 Å². The van der Waals surface area contributed by atoms with Gasteiger partial charge in [0.05, 0.1) is 17.4 Å². The fourth-order valence-electron chi connectivity index (χ4n) is 1.23. The number of fused-ring (bicyclic) bond motifs is 1. The molecule has 0 saturated carbocycles. The molecule has 0 aliphatic rings. The molecule has 0 unspecified atom stereocenters. The predicted octanol–water partition coefficient (Wildman–Crippen LogP) is 0.449. The van der Waals surface area contributed by atoms with Crippen molar-refractivity contribution in [2.75, 3.05) is 7.05 Å². The zero-order chi connectivity index (χ0) is 8.39. The van der Waals surface area contributed by atoms with Crippen LogP contribution in [0.3, 0.4) is 0 Å². The monoisotopic (exact) mass is 162 g/mol. The maximum atomic E-state index is 4.13. The number of hydrogen-bond donors (Lipinski definition) is 1. The van der Waals surface area contributed by atoms with E-state index in [1.807, 2.05) is 23.7 Å². The van der Waals surface area contributed by atoms with Gasteiger partial charge in [-0.3, -0.25) is 0 Å². The molecule has 0 aliphatic carbocycles. The normalized spacial score (nSPS) is 10.8. The van der Waals surface area contributed by atoms with Crippen LogP contribution in [0.2, 0.25) is 0 Å². The van der Waals surface area contributed by atoms with E-state index < -0.39 is 0 Å². The van der Waals surface area contributed by atoms with Crippen molar-refractivity contribution >= 4 is 5.52 Å². The molecule has 12 heavy (non-hydrogen) atoms. The zero-order valence-electron chi connectivity index (χ0n) is 6.86. The second kappa shape index (κ2) is 2.91. The van der Waals surface area contributed by atoms with Gasteiger partial charge in [0, 0.05) is 6.54 Å². The summed E-state index contributed by atoms with van der Waals surface area (Å²) in [6, 6.07) is 4.05. The predicted molar refractivity (Wildman–Crippen MR) is 45.8 cm³/mol. The van der Waals surface area contributed by atoms with E-state index in [1.165, 1.54) is 0 Å². The summed E-state index contributed by atoms with van der Waals surface area (Å²) in [5.74, 6) is 0. The number of aromatic nitrogens is 3. The van der Waals surface area contributed by atoms with E-state index in [0.717, 1.165) is 17.8 Å². The fourth-order valence-corrected chi connectivity index (χ4v) is 1.23. The highest BCUT2D eigenvalue weighted by molar-refractivity contribution is 5.45. The third-order valence-corrected chi connectivity index (χ3v) is 1.76. The van der Waals surface area contributed by atoms with Gasteiger partial charge in [0.15, 0.2) is 0 Å². The van der Waals surface area contributed by atoms with Crippen LogP contribution in [0.5, 0.6) is 0 Å². The van der Waals surface area contributed by atoms with Gasteiger partial charge >= 0.3 is 0 Å². The van der Waals surface area contributed by atoms with E-state index in [1.54, 1.807) is 12.5 Å². The summed E-state index contributed by atoms with van der Waals surface area (Å²) >= 11 is 0. The number of rotatable bonds is 2. The Morgan fingerprint density at radius 1 is 1.50 bits per heavy atom. The molecule has 0 bridgehead atoms. The Labute approximate surface area is 70.2 Å². The first-order valence-electron chi connectivity index (χ1n) is 3.83. The van der Waals surface area contributed by atoms with Crippen LogP contribution < -0.4 is 5.32 Å². The van der Waals surface area contributed by atoms with E-state index in [9.17, 15) is 0 Å². The average molecular weight is 162 g/mol. The van der Waals surface area contributed by atoms with Gasteiger partial charge in [-0.2, -0.15) is 5.10 Å².